The lowest BCUT2D eigenvalue weighted by molar-refractivity contribution is -0.0609. The molecule has 3 aromatic rings. The van der Waals surface area contributed by atoms with Gasteiger partial charge in [0.2, 0.25) is 12.4 Å². The molecule has 2 aromatic heterocycles. The average Bonchev–Trinajstić information content (AvgIpc) is 3.39. The Hall–Kier alpha value is -3.18. The van der Waals surface area contributed by atoms with Crippen LogP contribution in [0, 0.1) is 0 Å². The van der Waals surface area contributed by atoms with Gasteiger partial charge in [-0.2, -0.15) is 0 Å². The number of ether oxygens (including phenoxy) is 3. The molecule has 2 aliphatic rings. The first-order valence-electron chi connectivity index (χ1n) is 9.13. The van der Waals surface area contributed by atoms with Crippen molar-refractivity contribution in [1.29, 1.82) is 0 Å². The molecule has 150 valence electrons. The second kappa shape index (κ2) is 7.68. The molecule has 1 fully saturated rings. The van der Waals surface area contributed by atoms with Gasteiger partial charge in [0.25, 0.3) is 0 Å². The predicted octanol–water partition coefficient (Wildman–Crippen LogP) is 1.08. The molecule has 11 heteroatoms. The Morgan fingerprint density at radius 3 is 3.17 bits per heavy atom. The van der Waals surface area contributed by atoms with E-state index in [1.54, 1.807) is 12.3 Å². The number of benzene rings is 1. The zero-order chi connectivity index (χ0) is 19.6. The maximum Gasteiger partial charge on any atom is 0.231 e. The summed E-state index contributed by atoms with van der Waals surface area (Å²) in [6.45, 7) is 2.38. The number of anilines is 1. The van der Waals surface area contributed by atoms with Crippen molar-refractivity contribution in [2.45, 2.75) is 6.10 Å². The van der Waals surface area contributed by atoms with E-state index >= 15 is 0 Å². The van der Waals surface area contributed by atoms with Crippen LogP contribution in [0.4, 0.5) is 5.69 Å². The molecule has 1 N–H and O–H groups in total. The maximum absolute atomic E-state index is 5.81. The lowest BCUT2D eigenvalue weighted by atomic mass is 10.2. The second-order valence-corrected chi connectivity index (χ2v) is 6.93. The molecule has 0 saturated carbocycles. The summed E-state index contributed by atoms with van der Waals surface area (Å²) >= 11 is 5.57. The minimum Gasteiger partial charge on any atom is -0.454 e. The fraction of sp³-hybridized carbons (Fsp3) is 0.333. The summed E-state index contributed by atoms with van der Waals surface area (Å²) in [7, 11) is 0. The number of fused-ring (bicyclic) bond motifs is 2. The van der Waals surface area contributed by atoms with Crippen LogP contribution in [0.5, 0.6) is 11.5 Å². The Morgan fingerprint density at radius 1 is 1.28 bits per heavy atom. The molecule has 0 amide bonds. The van der Waals surface area contributed by atoms with Gasteiger partial charge >= 0.3 is 0 Å². The van der Waals surface area contributed by atoms with E-state index < -0.39 is 0 Å². The molecule has 29 heavy (non-hydrogen) atoms. The normalized spacial score (nSPS) is 18.1. The minimum atomic E-state index is -0.164. The van der Waals surface area contributed by atoms with Gasteiger partial charge in [-0.15, -0.1) is 5.10 Å². The van der Waals surface area contributed by atoms with Crippen molar-refractivity contribution >= 4 is 34.2 Å². The third-order valence-corrected chi connectivity index (χ3v) is 4.97. The van der Waals surface area contributed by atoms with Crippen LogP contribution in [0.15, 0.2) is 36.5 Å². The van der Waals surface area contributed by atoms with E-state index in [0.29, 0.717) is 48.3 Å². The van der Waals surface area contributed by atoms with E-state index in [1.165, 1.54) is 4.85 Å². The van der Waals surface area contributed by atoms with Gasteiger partial charge in [0.05, 0.1) is 6.61 Å². The first-order chi connectivity index (χ1) is 14.3. The van der Waals surface area contributed by atoms with Crippen LogP contribution >= 0.6 is 12.2 Å². The topological polar surface area (TPSA) is 95.8 Å². The van der Waals surface area contributed by atoms with Gasteiger partial charge < -0.3 is 29.3 Å². The van der Waals surface area contributed by atoms with E-state index in [9.17, 15) is 0 Å². The summed E-state index contributed by atoms with van der Waals surface area (Å²) in [5.74, 6) is 1.44. The van der Waals surface area contributed by atoms with Gasteiger partial charge in [0.15, 0.2) is 16.6 Å². The predicted molar refractivity (Wildman–Crippen MR) is 107 cm³/mol. The molecule has 4 heterocycles. The molecule has 0 aliphatic carbocycles. The number of pyridine rings is 1. The quantitative estimate of drug-likeness (QED) is 0.625. The number of nitrogens with one attached hydrogen (secondary N) is 1. The highest BCUT2D eigenvalue weighted by Gasteiger charge is 2.24. The van der Waals surface area contributed by atoms with Gasteiger partial charge in [0.1, 0.15) is 18.2 Å². The average molecular weight is 414 g/mol. The fourth-order valence-electron chi connectivity index (χ4n) is 3.17. The Kier molecular flexibility index (Phi) is 4.74. The highest BCUT2D eigenvalue weighted by molar-refractivity contribution is 7.80. The summed E-state index contributed by atoms with van der Waals surface area (Å²) in [6, 6.07) is 9.27. The zero-order valence-electron chi connectivity index (χ0n) is 15.4. The van der Waals surface area contributed by atoms with Crippen molar-refractivity contribution in [2.75, 3.05) is 38.4 Å². The summed E-state index contributed by atoms with van der Waals surface area (Å²) < 4.78 is 16.5. The van der Waals surface area contributed by atoms with Gasteiger partial charge in [-0.1, -0.05) is 4.85 Å². The van der Waals surface area contributed by atoms with Crippen LogP contribution in [0.2, 0.25) is 0 Å². The Morgan fingerprint density at radius 2 is 2.21 bits per heavy atom. The molecule has 1 unspecified atom stereocenters. The molecule has 1 atom stereocenters. The highest BCUT2D eigenvalue weighted by Crippen LogP contribution is 2.34. The van der Waals surface area contributed by atoms with Crippen LogP contribution in [0.25, 0.3) is 11.2 Å². The molecule has 1 aromatic carbocycles. The van der Waals surface area contributed by atoms with E-state index in [2.05, 4.69) is 25.5 Å². The molecular formula is C18H18N6O4S. The third kappa shape index (κ3) is 3.74. The SMILES string of the molecule is S=C(Nc1ccc2c(c1)OCO2)N1CCOC(COn2nnc3cccnc32)C1. The van der Waals surface area contributed by atoms with Crippen molar-refractivity contribution < 1.29 is 19.0 Å². The fourth-order valence-corrected chi connectivity index (χ4v) is 3.45. The number of thiocarbonyl (C=S) groups is 1. The van der Waals surface area contributed by atoms with E-state index in [0.717, 1.165) is 11.4 Å². The van der Waals surface area contributed by atoms with Gasteiger partial charge in [0, 0.05) is 31.0 Å². The minimum absolute atomic E-state index is 0.164. The molecule has 2 aliphatic heterocycles. The van der Waals surface area contributed by atoms with Gasteiger partial charge in [-0.25, -0.2) is 4.98 Å². The molecular weight excluding hydrogens is 396 g/mol. The largest absolute Gasteiger partial charge is 0.454 e. The van der Waals surface area contributed by atoms with Crippen molar-refractivity contribution in [1.82, 2.24) is 25.0 Å². The van der Waals surface area contributed by atoms with Crippen LogP contribution in [0.1, 0.15) is 0 Å². The van der Waals surface area contributed by atoms with Crippen molar-refractivity contribution in [3.05, 3.63) is 36.5 Å². The number of hydrogen-bond acceptors (Lipinski definition) is 8. The monoisotopic (exact) mass is 414 g/mol. The molecule has 0 spiro atoms. The van der Waals surface area contributed by atoms with E-state index in [-0.39, 0.29) is 12.9 Å². The number of hydrogen-bond donors (Lipinski definition) is 1. The number of aromatic nitrogens is 4. The van der Waals surface area contributed by atoms with Crippen molar-refractivity contribution in [3.8, 4) is 11.5 Å². The number of morpholine rings is 1. The Bertz CT molecular complexity index is 1040. The Balaban J connectivity index is 1.18. The molecule has 1 saturated heterocycles. The highest BCUT2D eigenvalue weighted by atomic mass is 32.1. The lowest BCUT2D eigenvalue weighted by Crippen LogP contribution is -2.49. The first kappa shape index (κ1) is 17.9. The summed E-state index contributed by atoms with van der Waals surface area (Å²) in [6.07, 6.45) is 1.51. The van der Waals surface area contributed by atoms with E-state index in [4.69, 9.17) is 31.3 Å². The molecule has 0 bridgehead atoms. The Labute approximate surface area is 171 Å². The summed E-state index contributed by atoms with van der Waals surface area (Å²) in [4.78, 5) is 13.3. The van der Waals surface area contributed by atoms with Crippen LogP contribution in [-0.4, -0.2) is 69.4 Å². The first-order valence-corrected chi connectivity index (χ1v) is 9.54. The van der Waals surface area contributed by atoms with Crippen molar-refractivity contribution in [2.24, 2.45) is 0 Å². The summed E-state index contributed by atoms with van der Waals surface area (Å²) in [5.41, 5.74) is 2.09. The van der Waals surface area contributed by atoms with Crippen LogP contribution in [0.3, 0.4) is 0 Å². The van der Waals surface area contributed by atoms with Crippen LogP contribution < -0.4 is 19.6 Å². The summed E-state index contributed by atoms with van der Waals surface area (Å²) in [5, 5.41) is 11.9. The standard InChI is InChI=1S/C18H18N6O4S/c29-18(20-12-3-4-15-16(8-12)27-11-26-15)23-6-7-25-13(9-23)10-28-24-17-14(21-22-24)2-1-5-19-17/h1-5,8,13H,6-7,9-11H2,(H,20,29). The molecule has 5 rings (SSSR count). The number of nitrogens with zero attached hydrogens (tertiary/aromatic N) is 5. The molecule has 0 radical (unpaired) electrons. The molecule has 10 nitrogen and oxygen atoms in total. The zero-order valence-corrected chi connectivity index (χ0v) is 16.2. The maximum atomic E-state index is 5.81. The van der Waals surface area contributed by atoms with E-state index in [1.807, 2.05) is 24.3 Å². The van der Waals surface area contributed by atoms with Gasteiger partial charge in [-0.05, 0) is 41.7 Å². The smallest absolute Gasteiger partial charge is 0.231 e. The third-order valence-electron chi connectivity index (χ3n) is 4.61. The second-order valence-electron chi connectivity index (χ2n) is 6.54. The van der Waals surface area contributed by atoms with Crippen molar-refractivity contribution in [3.63, 3.8) is 0 Å². The van der Waals surface area contributed by atoms with Crippen LogP contribution in [-0.2, 0) is 4.74 Å². The van der Waals surface area contributed by atoms with Gasteiger partial charge in [-0.3, -0.25) is 0 Å². The number of rotatable bonds is 4. The lowest BCUT2D eigenvalue weighted by Gasteiger charge is -2.34.